The normalized spacial score (nSPS) is 10.9. The minimum Gasteiger partial charge on any atom is -0.503 e. The molecule has 0 atom stereocenters. The predicted octanol–water partition coefficient (Wildman–Crippen LogP) is 4.87. The van der Waals surface area contributed by atoms with Gasteiger partial charge in [-0.15, -0.1) is 0 Å². The van der Waals surface area contributed by atoms with Gasteiger partial charge in [0.15, 0.2) is 11.5 Å². The van der Waals surface area contributed by atoms with Crippen molar-refractivity contribution in [1.29, 1.82) is 5.26 Å². The Kier molecular flexibility index (Phi) is 7.28. The highest BCUT2D eigenvalue weighted by atomic mass is 79.9. The molecule has 0 saturated heterocycles. The van der Waals surface area contributed by atoms with E-state index in [1.807, 2.05) is 13.0 Å². The lowest BCUT2D eigenvalue weighted by Crippen LogP contribution is -2.13. The molecule has 27 heavy (non-hydrogen) atoms. The van der Waals surface area contributed by atoms with Gasteiger partial charge >= 0.3 is 0 Å². The standard InChI is InChI=1S/C19H16Br2N2O4/c1-3-27-14-6-4-13(5-7-14)23-19(25)12(10-22)8-11-9-15(26-2)18(24)17(21)16(11)20/h4-9,24H,3H2,1-2H3,(H,23,25). The van der Waals surface area contributed by atoms with Crippen LogP contribution in [0.3, 0.4) is 0 Å². The molecule has 0 aliphatic heterocycles. The van der Waals surface area contributed by atoms with Gasteiger partial charge in [0.25, 0.3) is 5.91 Å². The summed E-state index contributed by atoms with van der Waals surface area (Å²) in [6.07, 6.45) is 1.40. The van der Waals surface area contributed by atoms with Crippen molar-refractivity contribution in [1.82, 2.24) is 0 Å². The molecule has 0 spiro atoms. The molecule has 8 heteroatoms. The first-order valence-electron chi connectivity index (χ1n) is 7.82. The number of hydrogen-bond acceptors (Lipinski definition) is 5. The number of anilines is 1. The summed E-state index contributed by atoms with van der Waals surface area (Å²) in [5, 5.41) is 22.0. The van der Waals surface area contributed by atoms with Crippen LogP contribution in [0.1, 0.15) is 12.5 Å². The maximum absolute atomic E-state index is 12.4. The van der Waals surface area contributed by atoms with Gasteiger partial charge in [-0.2, -0.15) is 5.26 Å². The Labute approximate surface area is 173 Å². The maximum Gasteiger partial charge on any atom is 0.266 e. The smallest absolute Gasteiger partial charge is 0.266 e. The topological polar surface area (TPSA) is 91.6 Å². The molecule has 0 bridgehead atoms. The number of aromatic hydroxyl groups is 1. The lowest BCUT2D eigenvalue weighted by atomic mass is 10.1. The fourth-order valence-electron chi connectivity index (χ4n) is 2.18. The van der Waals surface area contributed by atoms with E-state index in [0.29, 0.717) is 32.6 Å². The van der Waals surface area contributed by atoms with Gasteiger partial charge in [0, 0.05) is 10.2 Å². The van der Waals surface area contributed by atoms with Crippen molar-refractivity contribution >= 4 is 49.5 Å². The van der Waals surface area contributed by atoms with Crippen LogP contribution in [0.15, 0.2) is 44.9 Å². The Bertz CT molecular complexity index is 919. The number of nitrogens with zero attached hydrogens (tertiary/aromatic N) is 1. The summed E-state index contributed by atoms with van der Waals surface area (Å²) in [5.41, 5.74) is 0.923. The SMILES string of the molecule is CCOc1ccc(NC(=O)C(C#N)=Cc2cc(OC)c(O)c(Br)c2Br)cc1. The second kappa shape index (κ2) is 9.44. The third-order valence-corrected chi connectivity index (χ3v) is 5.64. The van der Waals surface area contributed by atoms with Crippen LogP contribution in [-0.2, 0) is 4.79 Å². The average Bonchev–Trinajstić information content (AvgIpc) is 2.67. The van der Waals surface area contributed by atoms with Crippen molar-refractivity contribution in [3.8, 4) is 23.3 Å². The fourth-order valence-corrected chi connectivity index (χ4v) is 3.02. The van der Waals surface area contributed by atoms with E-state index in [1.165, 1.54) is 19.3 Å². The lowest BCUT2D eigenvalue weighted by molar-refractivity contribution is -0.112. The molecule has 0 aliphatic carbocycles. The van der Waals surface area contributed by atoms with Gasteiger partial charge < -0.3 is 19.9 Å². The molecule has 1 amide bonds. The number of hydrogen-bond donors (Lipinski definition) is 2. The van der Waals surface area contributed by atoms with Crippen LogP contribution in [0.2, 0.25) is 0 Å². The summed E-state index contributed by atoms with van der Waals surface area (Å²) in [6, 6.07) is 10.2. The van der Waals surface area contributed by atoms with Gasteiger partial charge in [0.05, 0.1) is 18.2 Å². The van der Waals surface area contributed by atoms with E-state index < -0.39 is 5.91 Å². The molecule has 0 heterocycles. The maximum atomic E-state index is 12.4. The minimum absolute atomic E-state index is 0.0844. The van der Waals surface area contributed by atoms with Crippen molar-refractivity contribution in [2.45, 2.75) is 6.92 Å². The van der Waals surface area contributed by atoms with Crippen molar-refractivity contribution in [3.63, 3.8) is 0 Å². The highest BCUT2D eigenvalue weighted by Gasteiger charge is 2.16. The van der Waals surface area contributed by atoms with Gasteiger partial charge in [-0.25, -0.2) is 0 Å². The average molecular weight is 496 g/mol. The van der Waals surface area contributed by atoms with Gasteiger partial charge in [0.2, 0.25) is 0 Å². The quantitative estimate of drug-likeness (QED) is 0.440. The van der Waals surface area contributed by atoms with Crippen LogP contribution in [0.5, 0.6) is 17.2 Å². The highest BCUT2D eigenvalue weighted by molar-refractivity contribution is 9.13. The number of carbonyl (C=O) groups is 1. The van der Waals surface area contributed by atoms with Crippen LogP contribution in [0.25, 0.3) is 6.08 Å². The Morgan fingerprint density at radius 1 is 1.30 bits per heavy atom. The van der Waals surface area contributed by atoms with E-state index in [2.05, 4.69) is 37.2 Å². The second-order valence-electron chi connectivity index (χ2n) is 5.23. The summed E-state index contributed by atoms with van der Waals surface area (Å²) in [6.45, 7) is 2.43. The lowest BCUT2D eigenvalue weighted by Gasteiger charge is -2.10. The number of halogens is 2. The third-order valence-electron chi connectivity index (χ3n) is 3.48. The third kappa shape index (κ3) is 5.02. The summed E-state index contributed by atoms with van der Waals surface area (Å²) >= 11 is 6.57. The molecule has 2 rings (SSSR count). The second-order valence-corrected chi connectivity index (χ2v) is 6.81. The number of phenols is 1. The zero-order valence-corrected chi connectivity index (χ0v) is 17.7. The highest BCUT2D eigenvalue weighted by Crippen LogP contribution is 2.42. The molecule has 140 valence electrons. The number of amides is 1. The van der Waals surface area contributed by atoms with Crippen LogP contribution < -0.4 is 14.8 Å². The summed E-state index contributed by atoms with van der Waals surface area (Å²) in [4.78, 5) is 12.4. The number of nitriles is 1. The van der Waals surface area contributed by atoms with E-state index in [1.54, 1.807) is 24.3 Å². The van der Waals surface area contributed by atoms with Crippen molar-refractivity contribution in [3.05, 3.63) is 50.4 Å². The van der Waals surface area contributed by atoms with Gasteiger partial charge in [0.1, 0.15) is 17.4 Å². The number of nitrogens with one attached hydrogen (secondary N) is 1. The molecule has 2 N–H and O–H groups in total. The zero-order valence-electron chi connectivity index (χ0n) is 14.5. The molecule has 2 aromatic rings. The first-order chi connectivity index (χ1) is 12.9. The summed E-state index contributed by atoms with van der Waals surface area (Å²) in [7, 11) is 1.41. The van der Waals surface area contributed by atoms with E-state index >= 15 is 0 Å². The number of benzene rings is 2. The Balaban J connectivity index is 2.29. The Morgan fingerprint density at radius 3 is 2.52 bits per heavy atom. The van der Waals surface area contributed by atoms with E-state index in [4.69, 9.17) is 9.47 Å². The molecule has 0 aliphatic rings. The molecule has 0 saturated carbocycles. The van der Waals surface area contributed by atoms with E-state index in [9.17, 15) is 15.2 Å². The number of phenolic OH excluding ortho intramolecular Hbond substituents is 1. The number of rotatable bonds is 6. The predicted molar refractivity (Wildman–Crippen MR) is 110 cm³/mol. The van der Waals surface area contributed by atoms with Crippen LogP contribution in [-0.4, -0.2) is 24.7 Å². The Morgan fingerprint density at radius 2 is 1.96 bits per heavy atom. The zero-order chi connectivity index (χ0) is 20.0. The molecular formula is C19H16Br2N2O4. The van der Waals surface area contributed by atoms with Crippen molar-refractivity contribution < 1.29 is 19.4 Å². The number of ether oxygens (including phenoxy) is 2. The largest absolute Gasteiger partial charge is 0.503 e. The minimum atomic E-state index is -0.559. The van der Waals surface area contributed by atoms with Crippen molar-refractivity contribution in [2.75, 3.05) is 19.0 Å². The molecule has 0 fully saturated rings. The van der Waals surface area contributed by atoms with Gasteiger partial charge in [-0.1, -0.05) is 0 Å². The molecule has 0 aromatic heterocycles. The summed E-state index contributed by atoms with van der Waals surface area (Å²) in [5.74, 6) is 0.257. The van der Waals surface area contributed by atoms with Crippen LogP contribution in [0, 0.1) is 11.3 Å². The van der Waals surface area contributed by atoms with Crippen LogP contribution >= 0.6 is 31.9 Å². The van der Waals surface area contributed by atoms with E-state index in [-0.39, 0.29) is 17.1 Å². The number of carbonyl (C=O) groups excluding carboxylic acids is 1. The van der Waals surface area contributed by atoms with Gasteiger partial charge in [-0.05, 0) is 80.8 Å². The fraction of sp³-hybridized carbons (Fsp3) is 0.158. The van der Waals surface area contributed by atoms with E-state index in [0.717, 1.165) is 0 Å². The summed E-state index contributed by atoms with van der Waals surface area (Å²) < 4.78 is 11.3. The van der Waals surface area contributed by atoms with Crippen LogP contribution in [0.4, 0.5) is 5.69 Å². The molecule has 2 aromatic carbocycles. The first-order valence-corrected chi connectivity index (χ1v) is 9.40. The molecular weight excluding hydrogens is 480 g/mol. The monoisotopic (exact) mass is 494 g/mol. The Hall–Kier alpha value is -2.50. The van der Waals surface area contributed by atoms with Gasteiger partial charge in [-0.3, -0.25) is 4.79 Å². The first kappa shape index (κ1) is 20.8. The molecule has 0 radical (unpaired) electrons. The molecule has 6 nitrogen and oxygen atoms in total. The molecule has 0 unspecified atom stereocenters. The number of methoxy groups -OCH3 is 1. The van der Waals surface area contributed by atoms with Crippen molar-refractivity contribution in [2.24, 2.45) is 0 Å².